The van der Waals surface area contributed by atoms with Gasteiger partial charge in [-0.15, -0.1) is 0 Å². The second-order valence-corrected chi connectivity index (χ2v) is 5.14. The van der Waals surface area contributed by atoms with Crippen LogP contribution in [0.2, 0.25) is 0 Å². The van der Waals surface area contributed by atoms with Gasteiger partial charge in [-0.05, 0) is 30.6 Å². The molecule has 0 radical (unpaired) electrons. The van der Waals surface area contributed by atoms with Crippen molar-refractivity contribution >= 4 is 5.91 Å². The average Bonchev–Trinajstić information content (AvgIpc) is 2.45. The molecule has 0 aromatic heterocycles. The van der Waals surface area contributed by atoms with Gasteiger partial charge in [-0.1, -0.05) is 20.8 Å². The highest BCUT2D eigenvalue weighted by molar-refractivity contribution is 5.73. The van der Waals surface area contributed by atoms with Crippen LogP contribution in [0.3, 0.4) is 0 Å². The Morgan fingerprint density at radius 1 is 1.36 bits per heavy atom. The Balaban J connectivity index is 2.58. The summed E-state index contributed by atoms with van der Waals surface area (Å²) in [5.74, 6) is 2.51. The van der Waals surface area contributed by atoms with Gasteiger partial charge < -0.3 is 4.90 Å². The molecule has 0 aliphatic heterocycles. The molecule has 14 heavy (non-hydrogen) atoms. The summed E-state index contributed by atoms with van der Waals surface area (Å²) in [7, 11) is 1.93. The van der Waals surface area contributed by atoms with Crippen LogP contribution in [0, 0.1) is 17.8 Å². The quantitative estimate of drug-likeness (QED) is 0.666. The van der Waals surface area contributed by atoms with Crippen LogP contribution in [0.5, 0.6) is 0 Å². The third kappa shape index (κ3) is 2.28. The minimum atomic E-state index is 0.201. The van der Waals surface area contributed by atoms with E-state index in [0.29, 0.717) is 6.04 Å². The first-order chi connectivity index (χ1) is 6.43. The topological polar surface area (TPSA) is 20.3 Å². The molecule has 2 nitrogen and oxygen atoms in total. The van der Waals surface area contributed by atoms with Crippen LogP contribution < -0.4 is 0 Å². The Morgan fingerprint density at radius 2 is 1.93 bits per heavy atom. The van der Waals surface area contributed by atoms with Crippen LogP contribution in [0.25, 0.3) is 0 Å². The van der Waals surface area contributed by atoms with E-state index >= 15 is 0 Å². The molecule has 0 spiro atoms. The average molecular weight is 197 g/mol. The van der Waals surface area contributed by atoms with Crippen molar-refractivity contribution in [2.45, 2.75) is 46.6 Å². The molecule has 0 aromatic carbocycles. The number of rotatable bonds is 2. The van der Waals surface area contributed by atoms with Crippen molar-refractivity contribution < 1.29 is 4.79 Å². The zero-order chi connectivity index (χ0) is 10.9. The van der Waals surface area contributed by atoms with Gasteiger partial charge in [0.05, 0.1) is 0 Å². The molecule has 82 valence electrons. The molecule has 1 amide bonds. The lowest BCUT2D eigenvalue weighted by Crippen LogP contribution is -2.33. The maximum Gasteiger partial charge on any atom is 0.219 e. The van der Waals surface area contributed by atoms with Crippen molar-refractivity contribution in [2.24, 2.45) is 17.8 Å². The standard InChI is InChI=1S/C12H23NO/c1-8(2)12-7-11(6-9(12)3)13(5)10(4)14/h8-9,11-12H,6-7H2,1-5H3/t9?,11-,12-/m0/s1. The normalized spacial score (nSPS) is 32.3. The van der Waals surface area contributed by atoms with Crippen molar-refractivity contribution in [1.29, 1.82) is 0 Å². The number of carbonyl (C=O) groups excluding carboxylic acids is 1. The molecule has 0 heterocycles. The van der Waals surface area contributed by atoms with Crippen molar-refractivity contribution in [3.8, 4) is 0 Å². The third-order valence-corrected chi connectivity index (χ3v) is 3.82. The highest BCUT2D eigenvalue weighted by Crippen LogP contribution is 2.38. The molecule has 0 aromatic rings. The molecular formula is C12H23NO. The van der Waals surface area contributed by atoms with Gasteiger partial charge >= 0.3 is 0 Å². The van der Waals surface area contributed by atoms with E-state index in [0.717, 1.165) is 17.8 Å². The highest BCUT2D eigenvalue weighted by atomic mass is 16.2. The van der Waals surface area contributed by atoms with Gasteiger partial charge in [0.25, 0.3) is 0 Å². The summed E-state index contributed by atoms with van der Waals surface area (Å²) < 4.78 is 0. The van der Waals surface area contributed by atoms with Crippen LogP contribution in [-0.2, 0) is 4.79 Å². The number of nitrogens with zero attached hydrogens (tertiary/aromatic N) is 1. The Morgan fingerprint density at radius 3 is 2.29 bits per heavy atom. The van der Waals surface area contributed by atoms with E-state index < -0.39 is 0 Å². The molecule has 1 fully saturated rings. The largest absolute Gasteiger partial charge is 0.343 e. The minimum absolute atomic E-state index is 0.201. The third-order valence-electron chi connectivity index (χ3n) is 3.82. The number of amides is 1. The van der Waals surface area contributed by atoms with Crippen LogP contribution in [0.4, 0.5) is 0 Å². The molecule has 1 aliphatic carbocycles. The Kier molecular flexibility index (Phi) is 3.57. The van der Waals surface area contributed by atoms with E-state index in [1.807, 2.05) is 11.9 Å². The van der Waals surface area contributed by atoms with Gasteiger partial charge in [-0.3, -0.25) is 4.79 Å². The first-order valence-corrected chi connectivity index (χ1v) is 5.66. The van der Waals surface area contributed by atoms with Crippen molar-refractivity contribution in [2.75, 3.05) is 7.05 Å². The fourth-order valence-corrected chi connectivity index (χ4v) is 2.75. The maximum absolute atomic E-state index is 11.2. The smallest absolute Gasteiger partial charge is 0.219 e. The van der Waals surface area contributed by atoms with Gasteiger partial charge in [0, 0.05) is 20.0 Å². The molecule has 0 saturated heterocycles. The Labute approximate surface area is 87.7 Å². The van der Waals surface area contributed by atoms with E-state index in [2.05, 4.69) is 20.8 Å². The second kappa shape index (κ2) is 4.33. The van der Waals surface area contributed by atoms with E-state index in [-0.39, 0.29) is 5.91 Å². The minimum Gasteiger partial charge on any atom is -0.343 e. The molecule has 1 saturated carbocycles. The summed E-state index contributed by atoms with van der Waals surface area (Å²) in [4.78, 5) is 13.2. The SMILES string of the molecule is CC(=O)N(C)[C@H]1CC(C)[C@H](C(C)C)C1. The van der Waals surface area contributed by atoms with Crippen LogP contribution in [0.1, 0.15) is 40.5 Å². The van der Waals surface area contributed by atoms with Gasteiger partial charge in [0.1, 0.15) is 0 Å². The highest BCUT2D eigenvalue weighted by Gasteiger charge is 2.35. The predicted molar refractivity (Wildman–Crippen MR) is 59.0 cm³/mol. The summed E-state index contributed by atoms with van der Waals surface area (Å²) in [6.07, 6.45) is 2.37. The lowest BCUT2D eigenvalue weighted by molar-refractivity contribution is -0.129. The van der Waals surface area contributed by atoms with Crippen LogP contribution in [-0.4, -0.2) is 23.9 Å². The lowest BCUT2D eigenvalue weighted by atomic mass is 9.87. The number of hydrogen-bond acceptors (Lipinski definition) is 1. The summed E-state index contributed by atoms with van der Waals surface area (Å²) in [6.45, 7) is 8.56. The van der Waals surface area contributed by atoms with Crippen LogP contribution in [0.15, 0.2) is 0 Å². The lowest BCUT2D eigenvalue weighted by Gasteiger charge is -2.23. The molecule has 2 heteroatoms. The molecule has 0 N–H and O–H groups in total. The molecule has 0 bridgehead atoms. The summed E-state index contributed by atoms with van der Waals surface area (Å²) in [5, 5.41) is 0. The zero-order valence-corrected chi connectivity index (χ0v) is 10.1. The van der Waals surface area contributed by atoms with E-state index in [4.69, 9.17) is 0 Å². The predicted octanol–water partition coefficient (Wildman–Crippen LogP) is 2.54. The summed E-state index contributed by atoms with van der Waals surface area (Å²) in [5.41, 5.74) is 0. The van der Waals surface area contributed by atoms with Gasteiger partial charge in [-0.2, -0.15) is 0 Å². The summed E-state index contributed by atoms with van der Waals surface area (Å²) in [6, 6.07) is 0.481. The Hall–Kier alpha value is -0.530. The number of hydrogen-bond donors (Lipinski definition) is 0. The first-order valence-electron chi connectivity index (χ1n) is 5.66. The maximum atomic E-state index is 11.2. The van der Waals surface area contributed by atoms with Crippen LogP contribution >= 0.6 is 0 Å². The van der Waals surface area contributed by atoms with Crippen molar-refractivity contribution in [1.82, 2.24) is 4.90 Å². The second-order valence-electron chi connectivity index (χ2n) is 5.14. The molecule has 1 aliphatic rings. The molecule has 1 unspecified atom stereocenters. The van der Waals surface area contributed by atoms with Crippen molar-refractivity contribution in [3.05, 3.63) is 0 Å². The van der Waals surface area contributed by atoms with Gasteiger partial charge in [0.2, 0.25) is 5.91 Å². The van der Waals surface area contributed by atoms with E-state index in [1.165, 1.54) is 12.8 Å². The van der Waals surface area contributed by atoms with Crippen molar-refractivity contribution in [3.63, 3.8) is 0 Å². The van der Waals surface area contributed by atoms with Gasteiger partial charge in [-0.25, -0.2) is 0 Å². The fraction of sp³-hybridized carbons (Fsp3) is 0.917. The van der Waals surface area contributed by atoms with E-state index in [1.54, 1.807) is 6.92 Å². The summed E-state index contributed by atoms with van der Waals surface area (Å²) >= 11 is 0. The Bertz CT molecular complexity index is 212. The monoisotopic (exact) mass is 197 g/mol. The molecular weight excluding hydrogens is 174 g/mol. The number of carbonyl (C=O) groups is 1. The first kappa shape index (κ1) is 11.5. The zero-order valence-electron chi connectivity index (χ0n) is 10.1. The van der Waals surface area contributed by atoms with Gasteiger partial charge in [0.15, 0.2) is 0 Å². The molecule has 3 atom stereocenters. The fourth-order valence-electron chi connectivity index (χ4n) is 2.75. The molecule has 1 rings (SSSR count). The van der Waals surface area contributed by atoms with E-state index in [9.17, 15) is 4.79 Å².